The third-order valence-electron chi connectivity index (χ3n) is 3.64. The van der Waals surface area contributed by atoms with Crippen LogP contribution in [0.3, 0.4) is 0 Å². The fraction of sp³-hybridized carbons (Fsp3) is 0.333. The third-order valence-corrected chi connectivity index (χ3v) is 3.64. The van der Waals surface area contributed by atoms with Crippen molar-refractivity contribution in [2.24, 2.45) is 7.05 Å². The molecule has 0 aliphatic rings. The Morgan fingerprint density at radius 2 is 2.17 bits per heavy atom. The molecule has 23 heavy (non-hydrogen) atoms. The van der Waals surface area contributed by atoms with Gasteiger partial charge in [-0.2, -0.15) is 5.10 Å². The Morgan fingerprint density at radius 3 is 2.87 bits per heavy atom. The lowest BCUT2D eigenvalue weighted by molar-refractivity contribution is -0.131. The van der Waals surface area contributed by atoms with Gasteiger partial charge in [0, 0.05) is 14.1 Å². The molecule has 8 heteroatoms. The molecule has 3 aromatic heterocycles. The molecule has 3 aromatic rings. The number of likely N-dealkylation sites (N-methyl/N-ethyl adjacent to an activating group) is 1. The van der Waals surface area contributed by atoms with Crippen LogP contribution in [0.2, 0.25) is 0 Å². The predicted molar refractivity (Wildman–Crippen MR) is 82.7 cm³/mol. The molecule has 0 spiro atoms. The Hall–Kier alpha value is -2.90. The first-order valence-electron chi connectivity index (χ1n) is 7.12. The van der Waals surface area contributed by atoms with Gasteiger partial charge in [-0.1, -0.05) is 0 Å². The highest BCUT2D eigenvalue weighted by molar-refractivity contribution is 5.77. The van der Waals surface area contributed by atoms with Crippen molar-refractivity contribution in [3.05, 3.63) is 46.5 Å². The monoisotopic (exact) mass is 315 g/mol. The molecule has 1 amide bonds. The fourth-order valence-corrected chi connectivity index (χ4v) is 2.34. The van der Waals surface area contributed by atoms with E-state index >= 15 is 0 Å². The van der Waals surface area contributed by atoms with Crippen molar-refractivity contribution in [3.63, 3.8) is 0 Å². The molecule has 3 rings (SSSR count). The number of carbonyl (C=O) groups is 1. The lowest BCUT2D eigenvalue weighted by Crippen LogP contribution is -2.33. The molecule has 0 unspecified atom stereocenters. The van der Waals surface area contributed by atoms with E-state index in [1.54, 1.807) is 14.1 Å². The van der Waals surface area contributed by atoms with E-state index < -0.39 is 0 Å². The summed E-state index contributed by atoms with van der Waals surface area (Å²) in [7, 11) is 3.38. The minimum Gasteiger partial charge on any atom is -0.464 e. The topological polar surface area (TPSA) is 86.2 Å². The van der Waals surface area contributed by atoms with Gasteiger partial charge < -0.3 is 9.32 Å². The molecule has 0 aliphatic heterocycles. The summed E-state index contributed by atoms with van der Waals surface area (Å²) >= 11 is 0. The smallest absolute Gasteiger partial charge is 0.264 e. The number of aromatic nitrogens is 4. The Labute approximate surface area is 131 Å². The molecule has 120 valence electrons. The average Bonchev–Trinajstić information content (AvgIpc) is 3.08. The maximum atomic E-state index is 12.3. The molecule has 0 radical (unpaired) electrons. The summed E-state index contributed by atoms with van der Waals surface area (Å²) in [5.41, 5.74) is 0.219. The SMILES string of the molecule is Cc1ccc(CN(C)C(=O)Cn2cnc3c(cnn3C)c2=O)o1. The van der Waals surface area contributed by atoms with Gasteiger partial charge in [0.15, 0.2) is 5.65 Å². The quantitative estimate of drug-likeness (QED) is 0.707. The Bertz CT molecular complexity index is 921. The fourth-order valence-electron chi connectivity index (χ4n) is 2.34. The maximum absolute atomic E-state index is 12.3. The van der Waals surface area contributed by atoms with E-state index in [2.05, 4.69) is 10.1 Å². The summed E-state index contributed by atoms with van der Waals surface area (Å²) in [5, 5.41) is 4.40. The molecule has 0 saturated heterocycles. The van der Waals surface area contributed by atoms with E-state index in [-0.39, 0.29) is 18.0 Å². The molecule has 0 saturated carbocycles. The molecule has 8 nitrogen and oxygen atoms in total. The molecule has 0 aromatic carbocycles. The van der Waals surface area contributed by atoms with Crippen molar-refractivity contribution in [1.29, 1.82) is 0 Å². The van der Waals surface area contributed by atoms with Gasteiger partial charge in [-0.15, -0.1) is 0 Å². The van der Waals surface area contributed by atoms with Crippen molar-refractivity contribution >= 4 is 16.9 Å². The molecular formula is C15H17N5O3. The first kappa shape index (κ1) is 15.0. The first-order chi connectivity index (χ1) is 11.0. The van der Waals surface area contributed by atoms with Gasteiger partial charge >= 0.3 is 0 Å². The van der Waals surface area contributed by atoms with Gasteiger partial charge in [0.2, 0.25) is 5.91 Å². The predicted octanol–water partition coefficient (Wildman–Crippen LogP) is 0.690. The van der Waals surface area contributed by atoms with E-state index in [0.29, 0.717) is 23.3 Å². The number of nitrogens with zero attached hydrogens (tertiary/aromatic N) is 5. The number of carbonyl (C=O) groups excluding carboxylic acids is 1. The second-order valence-corrected chi connectivity index (χ2v) is 5.45. The molecule has 0 atom stereocenters. The van der Waals surface area contributed by atoms with Gasteiger partial charge in [-0.05, 0) is 19.1 Å². The van der Waals surface area contributed by atoms with E-state index in [1.165, 1.54) is 26.7 Å². The summed E-state index contributed by atoms with van der Waals surface area (Å²) in [4.78, 5) is 30.3. The number of furan rings is 1. The van der Waals surface area contributed by atoms with Crippen LogP contribution in [0.25, 0.3) is 11.0 Å². The zero-order chi connectivity index (χ0) is 16.6. The van der Waals surface area contributed by atoms with Gasteiger partial charge in [0.1, 0.15) is 29.8 Å². The third kappa shape index (κ3) is 2.87. The van der Waals surface area contributed by atoms with Gasteiger partial charge in [-0.3, -0.25) is 18.8 Å². The molecule has 0 bridgehead atoms. The lowest BCUT2D eigenvalue weighted by atomic mass is 10.4. The minimum absolute atomic E-state index is 0.0765. The van der Waals surface area contributed by atoms with E-state index in [9.17, 15) is 9.59 Å². The number of hydrogen-bond acceptors (Lipinski definition) is 5. The van der Waals surface area contributed by atoms with Gasteiger partial charge in [0.25, 0.3) is 5.56 Å². The normalized spacial score (nSPS) is 11.1. The molecular weight excluding hydrogens is 298 g/mol. The van der Waals surface area contributed by atoms with Crippen molar-refractivity contribution in [2.45, 2.75) is 20.0 Å². The first-order valence-corrected chi connectivity index (χ1v) is 7.12. The van der Waals surface area contributed by atoms with Crippen molar-refractivity contribution in [2.75, 3.05) is 7.05 Å². The number of rotatable bonds is 4. The van der Waals surface area contributed by atoms with Crippen LogP contribution in [0.15, 0.2) is 33.9 Å². The van der Waals surface area contributed by atoms with E-state index in [0.717, 1.165) is 5.76 Å². The minimum atomic E-state index is -0.279. The lowest BCUT2D eigenvalue weighted by Gasteiger charge is -2.16. The van der Waals surface area contributed by atoms with Crippen molar-refractivity contribution < 1.29 is 9.21 Å². The van der Waals surface area contributed by atoms with Crippen LogP contribution in [0.1, 0.15) is 11.5 Å². The van der Waals surface area contributed by atoms with Crippen LogP contribution in [-0.2, 0) is 24.9 Å². The highest BCUT2D eigenvalue weighted by atomic mass is 16.3. The van der Waals surface area contributed by atoms with Gasteiger partial charge in [0.05, 0.1) is 12.7 Å². The number of fused-ring (bicyclic) bond motifs is 1. The molecule has 0 fully saturated rings. The maximum Gasteiger partial charge on any atom is 0.264 e. The Morgan fingerprint density at radius 1 is 1.39 bits per heavy atom. The summed E-state index contributed by atoms with van der Waals surface area (Å²) in [6.07, 6.45) is 2.83. The largest absolute Gasteiger partial charge is 0.464 e. The van der Waals surface area contributed by atoms with Crippen LogP contribution in [-0.4, -0.2) is 37.2 Å². The van der Waals surface area contributed by atoms with Crippen molar-refractivity contribution in [1.82, 2.24) is 24.2 Å². The van der Waals surface area contributed by atoms with Crippen molar-refractivity contribution in [3.8, 4) is 0 Å². The zero-order valence-electron chi connectivity index (χ0n) is 13.2. The second kappa shape index (κ2) is 5.71. The highest BCUT2D eigenvalue weighted by Gasteiger charge is 2.15. The molecule has 0 N–H and O–H groups in total. The van der Waals surface area contributed by atoms with Crippen LogP contribution < -0.4 is 5.56 Å². The number of aryl methyl sites for hydroxylation is 2. The Balaban J connectivity index is 1.77. The molecule has 0 aliphatic carbocycles. The number of amides is 1. The standard InChI is InChI=1S/C15H17N5O3/c1-10-4-5-11(23-10)7-18(2)13(21)8-20-9-16-14-12(15(20)22)6-17-19(14)3/h4-6,9H,7-8H2,1-3H3. The van der Waals surface area contributed by atoms with Crippen LogP contribution in [0, 0.1) is 6.92 Å². The average molecular weight is 315 g/mol. The van der Waals surface area contributed by atoms with E-state index in [1.807, 2.05) is 19.1 Å². The van der Waals surface area contributed by atoms with Crippen LogP contribution in [0.4, 0.5) is 0 Å². The summed E-state index contributed by atoms with van der Waals surface area (Å²) in [5.74, 6) is 1.29. The summed E-state index contributed by atoms with van der Waals surface area (Å²) < 4.78 is 8.26. The summed E-state index contributed by atoms with van der Waals surface area (Å²) in [6, 6.07) is 3.67. The van der Waals surface area contributed by atoms with Crippen LogP contribution in [0.5, 0.6) is 0 Å². The van der Waals surface area contributed by atoms with Gasteiger partial charge in [-0.25, -0.2) is 4.98 Å². The van der Waals surface area contributed by atoms with Crippen LogP contribution >= 0.6 is 0 Å². The Kier molecular flexibility index (Phi) is 3.73. The van der Waals surface area contributed by atoms with E-state index in [4.69, 9.17) is 4.42 Å². The summed E-state index contributed by atoms with van der Waals surface area (Å²) in [6.45, 7) is 2.12. The molecule has 3 heterocycles. The number of hydrogen-bond donors (Lipinski definition) is 0. The second-order valence-electron chi connectivity index (χ2n) is 5.45. The highest BCUT2D eigenvalue weighted by Crippen LogP contribution is 2.09. The zero-order valence-corrected chi connectivity index (χ0v) is 13.2.